The monoisotopic (exact) mass is 512 g/mol. The molecule has 6 nitrogen and oxygen atoms in total. The summed E-state index contributed by atoms with van der Waals surface area (Å²) in [5, 5.41) is 8.27. The Morgan fingerprint density at radius 3 is 2.55 bits per heavy atom. The van der Waals surface area contributed by atoms with Gasteiger partial charge in [0.05, 0.1) is 32.6 Å². The largest absolute Gasteiger partial charge is 0.323 e. The summed E-state index contributed by atoms with van der Waals surface area (Å²) in [6, 6.07) is 14.7. The molecule has 0 unspecified atom stereocenters. The molecule has 5 rings (SSSR count). The topological polar surface area (TPSA) is 82.9 Å². The van der Waals surface area contributed by atoms with Crippen LogP contribution >= 0.6 is 45.6 Å². The fraction of sp³-hybridized carbons (Fsp3) is 0.0870. The quantitative estimate of drug-likeness (QED) is 0.242. The van der Waals surface area contributed by atoms with Gasteiger partial charge in [0.15, 0.2) is 0 Å². The van der Waals surface area contributed by atoms with Gasteiger partial charge in [-0.1, -0.05) is 23.7 Å². The van der Waals surface area contributed by atoms with Crippen LogP contribution in [-0.2, 0) is 13.0 Å². The van der Waals surface area contributed by atoms with E-state index in [4.69, 9.17) is 17.4 Å². The van der Waals surface area contributed by atoms with Crippen molar-refractivity contribution in [1.82, 2.24) is 14.5 Å². The Bertz CT molecular complexity index is 1480. The molecular weight excluding hydrogens is 496 g/mol. The van der Waals surface area contributed by atoms with Gasteiger partial charge >= 0.3 is 0 Å². The molecular formula is C23H17ClN4O2S3. The molecule has 0 fully saturated rings. The zero-order chi connectivity index (χ0) is 22.9. The highest BCUT2D eigenvalue weighted by atomic mass is 35.5. The predicted octanol–water partition coefficient (Wildman–Crippen LogP) is 5.13. The van der Waals surface area contributed by atoms with E-state index in [-0.39, 0.29) is 11.3 Å². The average molecular weight is 513 g/mol. The van der Waals surface area contributed by atoms with E-state index in [1.54, 1.807) is 46.4 Å². The van der Waals surface area contributed by atoms with Gasteiger partial charge in [-0.15, -0.1) is 34.0 Å². The summed E-state index contributed by atoms with van der Waals surface area (Å²) in [4.78, 5) is 30.7. The standard InChI is InChI=1S/C23H17ClN4O2S3/c24-19-8-7-14(33-19)12-17-20(22(29)18-6-3-11-32-18)21(26-28(17)25)16-5-1-9-27(23(16)30)13-15-4-2-10-31-15/h1-11H,12-13,25H2. The van der Waals surface area contributed by atoms with Gasteiger partial charge in [-0.2, -0.15) is 9.89 Å². The van der Waals surface area contributed by atoms with E-state index in [2.05, 4.69) is 5.10 Å². The number of nitrogen functional groups attached to an aromatic ring is 1. The molecule has 0 saturated carbocycles. The third-order valence-corrected chi connectivity index (χ3v) is 8.09. The molecule has 0 aliphatic rings. The molecule has 0 amide bonds. The van der Waals surface area contributed by atoms with Crippen molar-refractivity contribution < 1.29 is 4.79 Å². The molecule has 5 heterocycles. The minimum atomic E-state index is -0.227. The summed E-state index contributed by atoms with van der Waals surface area (Å²) < 4.78 is 2.27. The number of halogens is 1. The second-order valence-electron chi connectivity index (χ2n) is 7.24. The van der Waals surface area contributed by atoms with Crippen LogP contribution in [0.4, 0.5) is 0 Å². The molecule has 5 aromatic heterocycles. The minimum absolute atomic E-state index is 0.206. The SMILES string of the molecule is Nn1nc(-c2cccn(Cc3cccs3)c2=O)c(C(=O)c2cccs2)c1Cc1ccc(Cl)s1. The smallest absolute Gasteiger partial charge is 0.260 e. The van der Waals surface area contributed by atoms with Crippen molar-refractivity contribution in [2.75, 3.05) is 5.84 Å². The van der Waals surface area contributed by atoms with Crippen LogP contribution in [0.3, 0.4) is 0 Å². The molecule has 0 aliphatic carbocycles. The lowest BCUT2D eigenvalue weighted by molar-refractivity contribution is 0.104. The fourth-order valence-electron chi connectivity index (χ4n) is 3.62. The summed E-state index contributed by atoms with van der Waals surface area (Å²) in [5.41, 5.74) is 1.28. The molecule has 0 spiro atoms. The first kappa shape index (κ1) is 21.8. The summed E-state index contributed by atoms with van der Waals surface area (Å²) in [5.74, 6) is 6.04. The number of carbonyl (C=O) groups is 1. The molecule has 0 saturated heterocycles. The predicted molar refractivity (Wildman–Crippen MR) is 135 cm³/mol. The molecule has 5 aromatic rings. The van der Waals surface area contributed by atoms with Crippen molar-refractivity contribution in [1.29, 1.82) is 0 Å². The van der Waals surface area contributed by atoms with Crippen LogP contribution in [0.25, 0.3) is 11.3 Å². The fourth-order valence-corrected chi connectivity index (χ4v) is 6.09. The van der Waals surface area contributed by atoms with Gasteiger partial charge in [0.2, 0.25) is 5.78 Å². The molecule has 0 aromatic carbocycles. The van der Waals surface area contributed by atoms with Crippen LogP contribution in [0, 0.1) is 0 Å². The number of nitrogens with zero attached hydrogens (tertiary/aromatic N) is 3. The first-order valence-corrected chi connectivity index (χ1v) is 12.9. The van der Waals surface area contributed by atoms with Crippen LogP contribution in [0.2, 0.25) is 4.34 Å². The number of ketones is 1. The first-order chi connectivity index (χ1) is 16.0. The molecule has 33 heavy (non-hydrogen) atoms. The van der Waals surface area contributed by atoms with Crippen molar-refractivity contribution in [2.24, 2.45) is 0 Å². The minimum Gasteiger partial charge on any atom is -0.323 e. The highest BCUT2D eigenvalue weighted by Gasteiger charge is 2.28. The lowest BCUT2D eigenvalue weighted by Crippen LogP contribution is -2.22. The van der Waals surface area contributed by atoms with Crippen LogP contribution in [0.1, 0.15) is 30.7 Å². The van der Waals surface area contributed by atoms with Gasteiger partial charge in [-0.3, -0.25) is 9.59 Å². The lowest BCUT2D eigenvalue weighted by Gasteiger charge is -2.08. The second kappa shape index (κ2) is 9.11. The maximum absolute atomic E-state index is 13.6. The Morgan fingerprint density at radius 1 is 1.03 bits per heavy atom. The third-order valence-electron chi connectivity index (χ3n) is 5.13. The van der Waals surface area contributed by atoms with E-state index >= 15 is 0 Å². The van der Waals surface area contributed by atoms with E-state index in [9.17, 15) is 9.59 Å². The maximum Gasteiger partial charge on any atom is 0.260 e. The van der Waals surface area contributed by atoms with Crippen LogP contribution < -0.4 is 11.4 Å². The molecule has 0 bridgehead atoms. The summed E-state index contributed by atoms with van der Waals surface area (Å²) >= 11 is 10.4. The van der Waals surface area contributed by atoms with Gasteiger partial charge in [0.25, 0.3) is 5.56 Å². The Morgan fingerprint density at radius 2 is 1.85 bits per heavy atom. The van der Waals surface area contributed by atoms with Gasteiger partial charge in [-0.25, -0.2) is 0 Å². The third kappa shape index (κ3) is 4.32. The van der Waals surface area contributed by atoms with Crippen molar-refractivity contribution in [3.8, 4) is 11.3 Å². The van der Waals surface area contributed by atoms with Crippen molar-refractivity contribution in [3.63, 3.8) is 0 Å². The normalized spacial score (nSPS) is 11.2. The molecule has 0 radical (unpaired) electrons. The summed E-state index contributed by atoms with van der Waals surface area (Å²) in [6.07, 6.45) is 2.11. The second-order valence-corrected chi connectivity index (χ2v) is 11.0. The molecule has 0 aliphatic heterocycles. The van der Waals surface area contributed by atoms with Crippen LogP contribution in [0.5, 0.6) is 0 Å². The number of carbonyl (C=O) groups excluding carboxylic acids is 1. The maximum atomic E-state index is 13.6. The van der Waals surface area contributed by atoms with E-state index in [0.717, 1.165) is 9.75 Å². The van der Waals surface area contributed by atoms with Gasteiger partial charge < -0.3 is 10.4 Å². The Balaban J connectivity index is 1.65. The van der Waals surface area contributed by atoms with E-state index in [1.165, 1.54) is 27.5 Å². The number of pyridine rings is 1. The van der Waals surface area contributed by atoms with Crippen LogP contribution in [0.15, 0.2) is 70.3 Å². The highest BCUT2D eigenvalue weighted by molar-refractivity contribution is 7.16. The van der Waals surface area contributed by atoms with Crippen molar-refractivity contribution in [3.05, 3.63) is 106 Å². The Hall–Kier alpha value is -2.98. The number of nitrogens with two attached hydrogens (primary N) is 1. The summed E-state index contributed by atoms with van der Waals surface area (Å²) in [6.45, 7) is 0.447. The van der Waals surface area contributed by atoms with Crippen LogP contribution in [-0.4, -0.2) is 20.2 Å². The van der Waals surface area contributed by atoms with E-state index < -0.39 is 0 Å². The molecule has 2 N–H and O–H groups in total. The zero-order valence-electron chi connectivity index (χ0n) is 17.1. The molecule has 10 heteroatoms. The first-order valence-electron chi connectivity index (χ1n) is 9.93. The van der Waals surface area contributed by atoms with Crippen molar-refractivity contribution in [2.45, 2.75) is 13.0 Å². The number of aromatic nitrogens is 3. The molecule has 0 atom stereocenters. The Kier molecular flexibility index (Phi) is 6.03. The number of hydrogen-bond acceptors (Lipinski definition) is 7. The number of hydrogen-bond donors (Lipinski definition) is 1. The highest BCUT2D eigenvalue weighted by Crippen LogP contribution is 2.31. The zero-order valence-corrected chi connectivity index (χ0v) is 20.3. The van der Waals surface area contributed by atoms with Crippen molar-refractivity contribution >= 4 is 51.4 Å². The summed E-state index contributed by atoms with van der Waals surface area (Å²) in [7, 11) is 0. The van der Waals surface area contributed by atoms with E-state index in [1.807, 2.05) is 35.0 Å². The number of thiophene rings is 3. The number of rotatable bonds is 7. The average Bonchev–Trinajstić information content (AvgIpc) is 3.59. The van der Waals surface area contributed by atoms with Gasteiger partial charge in [0.1, 0.15) is 5.69 Å². The van der Waals surface area contributed by atoms with Gasteiger partial charge in [-0.05, 0) is 47.2 Å². The Labute approximate surface area is 206 Å². The molecule has 166 valence electrons. The van der Waals surface area contributed by atoms with E-state index in [0.29, 0.717) is 44.7 Å². The van der Waals surface area contributed by atoms with Gasteiger partial charge in [0, 0.05) is 22.4 Å². The lowest BCUT2D eigenvalue weighted by atomic mass is 10.0.